The fourth-order valence-corrected chi connectivity index (χ4v) is 12.9. The molecular formula is C53H57N13O9S4. The van der Waals surface area contributed by atoms with Gasteiger partial charge in [-0.25, -0.2) is 18.4 Å². The third-order valence-electron chi connectivity index (χ3n) is 13.1. The Bertz CT molecular complexity index is 3640. The summed E-state index contributed by atoms with van der Waals surface area (Å²) >= 11 is 3.68. The molecule has 22 nitrogen and oxygen atoms in total. The number of fused-ring (bicyclic) bond motifs is 2. The monoisotopic (exact) mass is 1150 g/mol. The van der Waals surface area contributed by atoms with Crippen LogP contribution < -0.4 is 25.7 Å². The lowest BCUT2D eigenvalue weighted by Crippen LogP contribution is -2.43. The molecule has 0 unspecified atom stereocenters. The van der Waals surface area contributed by atoms with Crippen LogP contribution in [0.1, 0.15) is 58.4 Å². The molecule has 3 aromatic carbocycles. The Hall–Kier alpha value is -7.46. The Morgan fingerprint density at radius 2 is 1.71 bits per heavy atom. The smallest absolute Gasteiger partial charge is 0.301 e. The van der Waals surface area contributed by atoms with E-state index in [2.05, 4.69) is 50.6 Å². The summed E-state index contributed by atoms with van der Waals surface area (Å²) in [7, 11) is -3.70. The molecule has 1 fully saturated rings. The lowest BCUT2D eigenvalue weighted by Gasteiger charge is -2.34. The summed E-state index contributed by atoms with van der Waals surface area (Å²) in [5, 5.41) is 26.3. The first-order chi connectivity index (χ1) is 38.4. The SMILES string of the molecule is CCOc1ccccc1N=Nc1c(C)[nH]n(-c2nc(-c3ccc(C(=O)NCCOCCOCC(=O)N4CCC(CN5CCCn6nc(C(=O)Nc7nc8ccc(NS(=O)(=O)c9cccs9)cc8s7)cc6C5)CC4)cc3)cs2)c1=O. The van der Waals surface area contributed by atoms with Crippen LogP contribution >= 0.6 is 34.0 Å². The predicted octanol–water partition coefficient (Wildman–Crippen LogP) is 8.24. The molecule has 0 radical (unpaired) electrons. The molecule has 3 amide bonds. The molecular weight excluding hydrogens is 1090 g/mol. The van der Waals surface area contributed by atoms with Gasteiger partial charge in [0.15, 0.2) is 16.5 Å². The maximum atomic E-state index is 13.4. The molecule has 2 aliphatic heterocycles. The van der Waals surface area contributed by atoms with E-state index in [0.29, 0.717) is 94.3 Å². The summed E-state index contributed by atoms with van der Waals surface area (Å²) in [4.78, 5) is 66.1. The van der Waals surface area contributed by atoms with E-state index < -0.39 is 10.0 Å². The second-order valence-electron chi connectivity index (χ2n) is 18.7. The third-order valence-corrected chi connectivity index (χ3v) is 17.7. The number of anilines is 2. The van der Waals surface area contributed by atoms with Crippen molar-refractivity contribution in [3.05, 3.63) is 129 Å². The number of aromatic amines is 1. The molecule has 5 aromatic heterocycles. The summed E-state index contributed by atoms with van der Waals surface area (Å²) < 4.78 is 49.2. The average Bonchev–Trinajstić information content (AvgIpc) is 4.39. The van der Waals surface area contributed by atoms with Crippen LogP contribution in [0.25, 0.3) is 26.6 Å². The van der Waals surface area contributed by atoms with Gasteiger partial charge in [0.2, 0.25) is 11.0 Å². The van der Waals surface area contributed by atoms with Gasteiger partial charge in [0, 0.05) is 62.3 Å². The number of amides is 3. The predicted molar refractivity (Wildman–Crippen MR) is 302 cm³/mol. The number of azo groups is 1. The fourth-order valence-electron chi connectivity index (χ4n) is 9.16. The molecule has 10 rings (SSSR count). The number of ether oxygens (including phenoxy) is 3. The number of H-pyrrole nitrogens is 1. The lowest BCUT2D eigenvalue weighted by atomic mass is 9.96. The zero-order valence-electron chi connectivity index (χ0n) is 43.3. The standard InChI is InChI=1S/C53H57N13O9S4/c1-3-75-44-9-5-4-8-40(44)58-59-48-34(2)60-66(51(48)70)53-56-43(33-77-53)36-11-13-37(14-12-36)49(68)54-19-24-73-25-26-74-32-46(67)64-22-17-35(18-23-64)30-63-20-7-21-65-39(31-63)29-42(61-65)50(69)57-52-55-41-16-15-38(28-45(41)78-52)62-79(71,72)47-10-6-27-76-47/h4-6,8-16,27-29,33,35,60,62H,3,7,17-26,30-32H2,1-2H3,(H,54,68)(H,55,57,69). The molecule has 8 aromatic rings. The number of piperidine rings is 1. The molecule has 2 aliphatic rings. The van der Waals surface area contributed by atoms with E-state index in [4.69, 9.17) is 14.2 Å². The Kier molecular flexibility index (Phi) is 17.4. The van der Waals surface area contributed by atoms with Crippen molar-refractivity contribution in [1.29, 1.82) is 0 Å². The highest BCUT2D eigenvalue weighted by molar-refractivity contribution is 7.94. The normalized spacial score (nSPS) is 14.4. The van der Waals surface area contributed by atoms with Crippen LogP contribution in [0.5, 0.6) is 5.75 Å². The zero-order valence-corrected chi connectivity index (χ0v) is 46.5. The van der Waals surface area contributed by atoms with E-state index in [1.54, 1.807) is 79.0 Å². The largest absolute Gasteiger partial charge is 0.492 e. The van der Waals surface area contributed by atoms with Crippen molar-refractivity contribution >= 4 is 94.2 Å². The molecule has 79 heavy (non-hydrogen) atoms. The van der Waals surface area contributed by atoms with Crippen molar-refractivity contribution in [3.8, 4) is 22.1 Å². The molecule has 0 saturated carbocycles. The minimum atomic E-state index is -3.70. The van der Waals surface area contributed by atoms with E-state index in [1.165, 1.54) is 27.4 Å². The Labute approximate surface area is 466 Å². The van der Waals surface area contributed by atoms with Gasteiger partial charge in [-0.05, 0) is 99.0 Å². The third kappa shape index (κ3) is 13.5. The maximum Gasteiger partial charge on any atom is 0.301 e. The highest BCUT2D eigenvalue weighted by Crippen LogP contribution is 2.32. The number of nitrogens with zero attached hydrogens (tertiary/aromatic N) is 9. The maximum absolute atomic E-state index is 13.4. The number of aromatic nitrogens is 6. The number of para-hydroxylation sites is 1. The molecule has 0 atom stereocenters. The lowest BCUT2D eigenvalue weighted by molar-refractivity contribution is -0.138. The molecule has 1 saturated heterocycles. The molecule has 0 aliphatic carbocycles. The number of carbonyl (C=O) groups is 3. The quantitative estimate of drug-likeness (QED) is 0.0369. The zero-order chi connectivity index (χ0) is 54.9. The van der Waals surface area contributed by atoms with Gasteiger partial charge in [-0.2, -0.15) is 9.78 Å². The van der Waals surface area contributed by atoms with Crippen molar-refractivity contribution in [3.63, 3.8) is 0 Å². The van der Waals surface area contributed by atoms with E-state index in [9.17, 15) is 27.6 Å². The summed E-state index contributed by atoms with van der Waals surface area (Å²) in [6, 6.07) is 24.4. The van der Waals surface area contributed by atoms with Gasteiger partial charge in [0.05, 0.1) is 59.4 Å². The number of sulfonamides is 1. The number of hydrogen-bond donors (Lipinski definition) is 4. The van der Waals surface area contributed by atoms with Crippen LogP contribution in [0, 0.1) is 12.8 Å². The average molecular weight is 1150 g/mol. The van der Waals surface area contributed by atoms with E-state index in [-0.39, 0.29) is 66.1 Å². The molecule has 0 spiro atoms. The van der Waals surface area contributed by atoms with Crippen LogP contribution in [-0.2, 0) is 37.4 Å². The van der Waals surface area contributed by atoms with E-state index in [1.807, 2.05) is 40.1 Å². The van der Waals surface area contributed by atoms with E-state index in [0.717, 1.165) is 59.6 Å². The number of hydrogen-bond acceptors (Lipinski definition) is 18. The highest BCUT2D eigenvalue weighted by Gasteiger charge is 2.27. The van der Waals surface area contributed by atoms with E-state index >= 15 is 0 Å². The number of thiazole rings is 2. The summed E-state index contributed by atoms with van der Waals surface area (Å²) in [5.74, 6) is 0.321. The van der Waals surface area contributed by atoms with Crippen molar-refractivity contribution in [2.45, 2.75) is 50.4 Å². The van der Waals surface area contributed by atoms with Crippen LogP contribution in [0.2, 0.25) is 0 Å². The number of benzene rings is 3. The molecule has 412 valence electrons. The van der Waals surface area contributed by atoms with Gasteiger partial charge < -0.3 is 24.4 Å². The second-order valence-corrected chi connectivity index (χ2v) is 23.4. The summed E-state index contributed by atoms with van der Waals surface area (Å²) in [6.45, 7) is 9.60. The first kappa shape index (κ1) is 54.9. The number of aryl methyl sites for hydroxylation is 2. The van der Waals surface area contributed by atoms with Gasteiger partial charge in [-0.3, -0.25) is 43.9 Å². The van der Waals surface area contributed by atoms with Crippen LogP contribution in [0.15, 0.2) is 115 Å². The first-order valence-corrected chi connectivity index (χ1v) is 29.7. The minimum Gasteiger partial charge on any atom is -0.492 e. The van der Waals surface area contributed by atoms with Crippen molar-refractivity contribution in [1.82, 2.24) is 44.6 Å². The van der Waals surface area contributed by atoms with Gasteiger partial charge in [0.25, 0.3) is 21.8 Å². The number of rotatable bonds is 22. The van der Waals surface area contributed by atoms with Crippen LogP contribution in [0.4, 0.5) is 22.2 Å². The van der Waals surface area contributed by atoms with Gasteiger partial charge in [-0.1, -0.05) is 41.7 Å². The Morgan fingerprint density at radius 1 is 0.886 bits per heavy atom. The Morgan fingerprint density at radius 3 is 2.52 bits per heavy atom. The number of likely N-dealkylation sites (tertiary alicyclic amines) is 1. The fraction of sp³-hybridized carbons (Fsp3) is 0.340. The molecule has 26 heteroatoms. The van der Waals surface area contributed by atoms with Gasteiger partial charge in [0.1, 0.15) is 22.3 Å². The van der Waals surface area contributed by atoms with Crippen molar-refractivity contribution in [2.75, 3.05) is 75.8 Å². The number of carbonyl (C=O) groups excluding carboxylic acids is 3. The summed E-state index contributed by atoms with van der Waals surface area (Å²) in [5.41, 5.74) is 5.02. The van der Waals surface area contributed by atoms with Gasteiger partial charge in [-0.15, -0.1) is 32.9 Å². The van der Waals surface area contributed by atoms with Crippen molar-refractivity contribution in [2.24, 2.45) is 16.1 Å². The first-order valence-electron chi connectivity index (χ1n) is 25.7. The molecule has 0 bridgehead atoms. The Balaban J connectivity index is 0.596. The van der Waals surface area contributed by atoms with Crippen LogP contribution in [-0.4, -0.2) is 131 Å². The van der Waals surface area contributed by atoms with Gasteiger partial charge >= 0.3 is 5.56 Å². The van der Waals surface area contributed by atoms with Crippen molar-refractivity contribution < 1.29 is 37.0 Å². The number of nitrogens with one attached hydrogen (secondary N) is 4. The highest BCUT2D eigenvalue weighted by atomic mass is 32.2. The van der Waals surface area contributed by atoms with Crippen LogP contribution in [0.3, 0.4) is 0 Å². The number of thiophene rings is 1. The molecule has 4 N–H and O–H groups in total. The second kappa shape index (κ2) is 25.1. The molecule has 7 heterocycles. The summed E-state index contributed by atoms with van der Waals surface area (Å²) in [6.07, 6.45) is 2.65. The minimum absolute atomic E-state index is 0.0292. The topological polar surface area (TPSA) is 262 Å².